The largest absolute Gasteiger partial charge is 0.489 e. The first-order valence-electron chi connectivity index (χ1n) is 5.41. The highest BCUT2D eigenvalue weighted by Crippen LogP contribution is 2.14. The molecular weight excluding hydrogens is 268 g/mol. The second-order valence-corrected chi connectivity index (χ2v) is 3.75. The van der Waals surface area contributed by atoms with Crippen LogP contribution in [0, 0.1) is 0 Å². The number of nitrogens with zero attached hydrogens (tertiary/aromatic N) is 2. The van der Waals surface area contributed by atoms with E-state index in [1.807, 2.05) is 0 Å². The Balaban J connectivity index is 0.00000180. The maximum Gasteiger partial charge on any atom is 0.307 e. The van der Waals surface area contributed by atoms with Gasteiger partial charge in [-0.15, -0.1) is 12.4 Å². The quantitative estimate of drug-likeness (QED) is 0.908. The maximum atomic E-state index is 10.5. The van der Waals surface area contributed by atoms with E-state index in [1.54, 1.807) is 36.7 Å². The number of halogens is 1. The summed E-state index contributed by atoms with van der Waals surface area (Å²) in [6.07, 6.45) is 4.86. The molecule has 0 saturated carbocycles. The van der Waals surface area contributed by atoms with Crippen molar-refractivity contribution in [2.45, 2.75) is 13.0 Å². The number of carboxylic acid groups (broad SMARTS) is 1. The van der Waals surface area contributed by atoms with Crippen LogP contribution in [0.3, 0.4) is 0 Å². The SMILES string of the molecule is Cl.O=C(O)Cc1ccc(OCc2cncnc2)cc1. The highest BCUT2D eigenvalue weighted by Gasteiger charge is 2.01. The summed E-state index contributed by atoms with van der Waals surface area (Å²) in [5.74, 6) is -0.155. The molecule has 0 radical (unpaired) electrons. The second kappa shape index (κ2) is 7.33. The predicted molar refractivity (Wildman–Crippen MR) is 71.4 cm³/mol. The van der Waals surface area contributed by atoms with Gasteiger partial charge in [-0.1, -0.05) is 12.1 Å². The Hall–Kier alpha value is -2.14. The molecule has 0 unspecified atom stereocenters. The second-order valence-electron chi connectivity index (χ2n) is 3.75. The highest BCUT2D eigenvalue weighted by molar-refractivity contribution is 5.85. The average molecular weight is 281 g/mol. The zero-order valence-corrected chi connectivity index (χ0v) is 10.8. The van der Waals surface area contributed by atoms with Crippen LogP contribution < -0.4 is 4.74 Å². The van der Waals surface area contributed by atoms with Crippen molar-refractivity contribution in [3.63, 3.8) is 0 Å². The lowest BCUT2D eigenvalue weighted by molar-refractivity contribution is -0.136. The predicted octanol–water partition coefficient (Wildman–Crippen LogP) is 2.10. The molecule has 1 heterocycles. The summed E-state index contributed by atoms with van der Waals surface area (Å²) in [6.45, 7) is 0.388. The van der Waals surface area contributed by atoms with Crippen LogP contribution in [0.1, 0.15) is 11.1 Å². The number of ether oxygens (including phenoxy) is 1. The van der Waals surface area contributed by atoms with Gasteiger partial charge in [0.2, 0.25) is 0 Å². The lowest BCUT2D eigenvalue weighted by Gasteiger charge is -2.06. The summed E-state index contributed by atoms with van der Waals surface area (Å²) >= 11 is 0. The summed E-state index contributed by atoms with van der Waals surface area (Å²) in [5, 5.41) is 8.64. The van der Waals surface area contributed by atoms with E-state index in [0.29, 0.717) is 12.4 Å². The van der Waals surface area contributed by atoms with Gasteiger partial charge in [-0.05, 0) is 17.7 Å². The monoisotopic (exact) mass is 280 g/mol. The van der Waals surface area contributed by atoms with Gasteiger partial charge in [0.05, 0.1) is 6.42 Å². The topological polar surface area (TPSA) is 72.3 Å². The number of hydrogen-bond donors (Lipinski definition) is 1. The first-order chi connectivity index (χ1) is 8.74. The Bertz CT molecular complexity index is 517. The molecule has 19 heavy (non-hydrogen) atoms. The number of carbonyl (C=O) groups is 1. The third kappa shape index (κ3) is 4.93. The lowest BCUT2D eigenvalue weighted by atomic mass is 10.1. The Morgan fingerprint density at radius 2 is 1.74 bits per heavy atom. The fourth-order valence-corrected chi connectivity index (χ4v) is 1.45. The first kappa shape index (κ1) is 14.9. The molecule has 0 bridgehead atoms. The van der Waals surface area contributed by atoms with E-state index in [9.17, 15) is 4.79 Å². The van der Waals surface area contributed by atoms with E-state index >= 15 is 0 Å². The zero-order chi connectivity index (χ0) is 12.8. The van der Waals surface area contributed by atoms with Crippen molar-refractivity contribution in [1.29, 1.82) is 0 Å². The summed E-state index contributed by atoms with van der Waals surface area (Å²) in [7, 11) is 0. The number of hydrogen-bond acceptors (Lipinski definition) is 4. The number of aromatic nitrogens is 2. The van der Waals surface area contributed by atoms with Crippen molar-refractivity contribution in [3.05, 3.63) is 54.1 Å². The van der Waals surface area contributed by atoms with Crippen LogP contribution in [0.5, 0.6) is 5.75 Å². The molecule has 0 fully saturated rings. The van der Waals surface area contributed by atoms with Crippen molar-refractivity contribution in [1.82, 2.24) is 9.97 Å². The molecule has 2 aromatic rings. The van der Waals surface area contributed by atoms with E-state index in [1.165, 1.54) is 6.33 Å². The van der Waals surface area contributed by atoms with Crippen LogP contribution in [0.25, 0.3) is 0 Å². The third-order valence-corrected chi connectivity index (χ3v) is 2.30. The van der Waals surface area contributed by atoms with Gasteiger partial charge in [-0.25, -0.2) is 9.97 Å². The van der Waals surface area contributed by atoms with Gasteiger partial charge in [-0.3, -0.25) is 4.79 Å². The smallest absolute Gasteiger partial charge is 0.307 e. The van der Waals surface area contributed by atoms with E-state index < -0.39 is 5.97 Å². The summed E-state index contributed by atoms with van der Waals surface area (Å²) in [6, 6.07) is 6.99. The Morgan fingerprint density at radius 1 is 1.11 bits per heavy atom. The molecule has 0 spiro atoms. The first-order valence-corrected chi connectivity index (χ1v) is 5.41. The molecule has 2 rings (SSSR count). The van der Waals surface area contributed by atoms with Crippen molar-refractivity contribution in [2.24, 2.45) is 0 Å². The molecule has 1 aromatic heterocycles. The van der Waals surface area contributed by atoms with Crippen molar-refractivity contribution >= 4 is 18.4 Å². The molecule has 0 aliphatic heterocycles. The molecule has 5 nitrogen and oxygen atoms in total. The fourth-order valence-electron chi connectivity index (χ4n) is 1.45. The Morgan fingerprint density at radius 3 is 2.32 bits per heavy atom. The van der Waals surface area contributed by atoms with Gasteiger partial charge in [0.15, 0.2) is 0 Å². The van der Waals surface area contributed by atoms with Gasteiger partial charge in [0, 0.05) is 18.0 Å². The van der Waals surface area contributed by atoms with E-state index in [0.717, 1.165) is 11.1 Å². The molecule has 0 amide bonds. The van der Waals surface area contributed by atoms with Crippen LogP contribution in [0.2, 0.25) is 0 Å². The lowest BCUT2D eigenvalue weighted by Crippen LogP contribution is -2.00. The van der Waals surface area contributed by atoms with Crippen LogP contribution in [-0.4, -0.2) is 21.0 Å². The molecule has 6 heteroatoms. The molecule has 100 valence electrons. The van der Waals surface area contributed by atoms with Crippen molar-refractivity contribution < 1.29 is 14.6 Å². The van der Waals surface area contributed by atoms with Crippen LogP contribution in [-0.2, 0) is 17.8 Å². The molecule has 1 aromatic carbocycles. The van der Waals surface area contributed by atoms with Gasteiger partial charge < -0.3 is 9.84 Å². The van der Waals surface area contributed by atoms with Crippen molar-refractivity contribution in [3.8, 4) is 5.75 Å². The molecule has 1 N–H and O–H groups in total. The van der Waals surface area contributed by atoms with Crippen molar-refractivity contribution in [2.75, 3.05) is 0 Å². The van der Waals surface area contributed by atoms with Crippen LogP contribution in [0.15, 0.2) is 43.0 Å². The molecule has 0 saturated heterocycles. The number of benzene rings is 1. The molecule has 0 aliphatic rings. The summed E-state index contributed by atoms with van der Waals surface area (Å²) < 4.78 is 5.52. The van der Waals surface area contributed by atoms with Gasteiger partial charge in [0.1, 0.15) is 18.7 Å². The standard InChI is InChI=1S/C13H12N2O3.ClH/c16-13(17)5-10-1-3-12(4-2-10)18-8-11-6-14-9-15-7-11;/h1-4,6-7,9H,5,8H2,(H,16,17);1H. The summed E-state index contributed by atoms with van der Waals surface area (Å²) in [4.78, 5) is 18.3. The van der Waals surface area contributed by atoms with Gasteiger partial charge >= 0.3 is 5.97 Å². The Labute approximate surface area is 116 Å². The van der Waals surface area contributed by atoms with E-state index in [2.05, 4.69) is 9.97 Å². The van der Waals surface area contributed by atoms with Gasteiger partial charge in [0.25, 0.3) is 0 Å². The third-order valence-electron chi connectivity index (χ3n) is 2.30. The summed E-state index contributed by atoms with van der Waals surface area (Å²) in [5.41, 5.74) is 1.63. The molecular formula is C13H13ClN2O3. The minimum atomic E-state index is -0.842. The maximum absolute atomic E-state index is 10.5. The van der Waals surface area contributed by atoms with E-state index in [4.69, 9.17) is 9.84 Å². The molecule has 0 aliphatic carbocycles. The minimum absolute atomic E-state index is 0. The minimum Gasteiger partial charge on any atom is -0.489 e. The fraction of sp³-hybridized carbons (Fsp3) is 0.154. The van der Waals surface area contributed by atoms with Gasteiger partial charge in [-0.2, -0.15) is 0 Å². The normalized spacial score (nSPS) is 9.47. The van der Waals surface area contributed by atoms with Crippen LogP contribution >= 0.6 is 12.4 Å². The zero-order valence-electron chi connectivity index (χ0n) is 10.0. The Kier molecular flexibility index (Phi) is 5.75. The number of carboxylic acids is 1. The molecule has 0 atom stereocenters. The van der Waals surface area contributed by atoms with E-state index in [-0.39, 0.29) is 18.8 Å². The number of aliphatic carboxylic acids is 1. The highest BCUT2D eigenvalue weighted by atomic mass is 35.5. The van der Waals surface area contributed by atoms with Crippen LogP contribution in [0.4, 0.5) is 0 Å². The average Bonchev–Trinajstić information content (AvgIpc) is 2.38. The number of rotatable bonds is 5.